The van der Waals surface area contributed by atoms with E-state index < -0.39 is 0 Å². The van der Waals surface area contributed by atoms with Crippen molar-refractivity contribution in [3.63, 3.8) is 0 Å². The topological polar surface area (TPSA) is 73.5 Å². The van der Waals surface area contributed by atoms with Crippen LogP contribution in [0.2, 0.25) is 0 Å². The summed E-state index contributed by atoms with van der Waals surface area (Å²) in [5, 5.41) is 19.7. The van der Waals surface area contributed by atoms with Crippen LogP contribution in [-0.2, 0) is 13.1 Å². The molecule has 2 heterocycles. The Balaban J connectivity index is 1.80. The first-order valence-electron chi connectivity index (χ1n) is 5.41. The lowest BCUT2D eigenvalue weighted by Gasteiger charge is -2.03. The van der Waals surface area contributed by atoms with Crippen molar-refractivity contribution in [3.8, 4) is 0 Å². The minimum Gasteiger partial charge on any atom is -0.318 e. The summed E-state index contributed by atoms with van der Waals surface area (Å²) in [7, 11) is 1.91. The Morgan fingerprint density at radius 3 is 3.12 bits per heavy atom. The van der Waals surface area contributed by atoms with Gasteiger partial charge in [0.15, 0.2) is 0 Å². The van der Waals surface area contributed by atoms with E-state index in [0.29, 0.717) is 0 Å². The van der Waals surface area contributed by atoms with Gasteiger partial charge in [-0.25, -0.2) is 4.68 Å². The van der Waals surface area contributed by atoms with E-state index in [-0.39, 0.29) is 0 Å². The molecule has 7 nitrogen and oxygen atoms in total. The third-order valence-electron chi connectivity index (χ3n) is 2.18. The molecule has 0 atom stereocenters. The summed E-state index contributed by atoms with van der Waals surface area (Å²) >= 11 is 1.64. The second-order valence-corrected chi connectivity index (χ2v) is 4.47. The monoisotopic (exact) mass is 253 g/mol. The van der Waals surface area contributed by atoms with Crippen LogP contribution in [0.25, 0.3) is 0 Å². The predicted molar refractivity (Wildman–Crippen MR) is 64.7 cm³/mol. The fourth-order valence-corrected chi connectivity index (χ4v) is 2.15. The van der Waals surface area contributed by atoms with Crippen molar-refractivity contribution in [3.05, 3.63) is 18.5 Å². The zero-order valence-electron chi connectivity index (χ0n) is 9.65. The van der Waals surface area contributed by atoms with E-state index >= 15 is 0 Å². The zero-order valence-corrected chi connectivity index (χ0v) is 10.5. The number of rotatable bonds is 7. The summed E-state index contributed by atoms with van der Waals surface area (Å²) in [5.41, 5.74) is 0. The van der Waals surface area contributed by atoms with E-state index in [1.807, 2.05) is 28.7 Å². The van der Waals surface area contributed by atoms with Gasteiger partial charge in [-0.3, -0.25) is 4.68 Å². The lowest BCUT2D eigenvalue weighted by atomic mass is 10.6. The quantitative estimate of drug-likeness (QED) is 0.694. The van der Waals surface area contributed by atoms with E-state index in [0.717, 1.165) is 30.5 Å². The maximum atomic E-state index is 4.14. The van der Waals surface area contributed by atoms with Gasteiger partial charge in [0.05, 0.1) is 13.1 Å². The molecule has 0 saturated carbocycles. The number of hydrogen-bond acceptors (Lipinski definition) is 6. The van der Waals surface area contributed by atoms with E-state index in [1.54, 1.807) is 18.0 Å². The molecule has 2 aromatic rings. The molecule has 0 saturated heterocycles. The highest BCUT2D eigenvalue weighted by molar-refractivity contribution is 7.99. The fraction of sp³-hybridized carbons (Fsp3) is 0.556. The van der Waals surface area contributed by atoms with E-state index in [2.05, 4.69) is 25.9 Å². The van der Waals surface area contributed by atoms with E-state index in [4.69, 9.17) is 0 Å². The van der Waals surface area contributed by atoms with Crippen LogP contribution in [0.1, 0.15) is 0 Å². The minimum atomic E-state index is 0.785. The van der Waals surface area contributed by atoms with Crippen LogP contribution < -0.4 is 5.32 Å². The fourth-order valence-electron chi connectivity index (χ4n) is 1.32. The first-order chi connectivity index (χ1) is 8.40. The number of aryl methyl sites for hydroxylation is 1. The van der Waals surface area contributed by atoms with Gasteiger partial charge in [-0.05, 0) is 23.5 Å². The van der Waals surface area contributed by atoms with Crippen molar-refractivity contribution in [2.75, 3.05) is 19.3 Å². The van der Waals surface area contributed by atoms with Crippen molar-refractivity contribution in [1.29, 1.82) is 0 Å². The first-order valence-corrected chi connectivity index (χ1v) is 6.39. The summed E-state index contributed by atoms with van der Waals surface area (Å²) in [5.74, 6) is 0.904. The van der Waals surface area contributed by atoms with Gasteiger partial charge in [0, 0.05) is 24.7 Å². The summed E-state index contributed by atoms with van der Waals surface area (Å²) in [6.45, 7) is 2.50. The van der Waals surface area contributed by atoms with Gasteiger partial charge in [0.1, 0.15) is 0 Å². The molecule has 2 rings (SSSR count). The molecule has 2 aromatic heterocycles. The zero-order chi connectivity index (χ0) is 11.9. The lowest BCUT2D eigenvalue weighted by Crippen LogP contribution is -2.16. The summed E-state index contributed by atoms with van der Waals surface area (Å²) < 4.78 is 3.71. The molecule has 0 aliphatic rings. The molecule has 0 aromatic carbocycles. The van der Waals surface area contributed by atoms with Crippen LogP contribution in [0.4, 0.5) is 0 Å². The van der Waals surface area contributed by atoms with Gasteiger partial charge in [-0.2, -0.15) is 5.10 Å². The van der Waals surface area contributed by atoms with Crippen molar-refractivity contribution in [2.24, 2.45) is 0 Å². The average Bonchev–Trinajstić information content (AvgIpc) is 2.98. The molecule has 0 bridgehead atoms. The molecule has 0 unspecified atom stereocenters. The molecule has 0 radical (unpaired) electrons. The first kappa shape index (κ1) is 12.1. The summed E-state index contributed by atoms with van der Waals surface area (Å²) in [6.07, 6.45) is 3.73. The molecule has 0 aliphatic heterocycles. The molecule has 0 amide bonds. The summed E-state index contributed by atoms with van der Waals surface area (Å²) in [4.78, 5) is 0. The van der Waals surface area contributed by atoms with E-state index in [1.165, 1.54) is 0 Å². The van der Waals surface area contributed by atoms with Crippen molar-refractivity contribution in [1.82, 2.24) is 35.3 Å². The third-order valence-corrected chi connectivity index (χ3v) is 3.12. The van der Waals surface area contributed by atoms with Gasteiger partial charge in [0.2, 0.25) is 5.16 Å². The lowest BCUT2D eigenvalue weighted by molar-refractivity contribution is 0.529. The minimum absolute atomic E-state index is 0.785. The van der Waals surface area contributed by atoms with Crippen molar-refractivity contribution < 1.29 is 0 Å². The molecule has 8 heteroatoms. The van der Waals surface area contributed by atoms with Gasteiger partial charge in [-0.15, -0.1) is 5.10 Å². The molecule has 0 spiro atoms. The van der Waals surface area contributed by atoms with Gasteiger partial charge < -0.3 is 5.32 Å². The van der Waals surface area contributed by atoms with Crippen LogP contribution >= 0.6 is 11.8 Å². The maximum absolute atomic E-state index is 4.14. The normalized spacial score (nSPS) is 10.9. The van der Waals surface area contributed by atoms with Gasteiger partial charge in [-0.1, -0.05) is 11.8 Å². The molecule has 1 N–H and O–H groups in total. The predicted octanol–water partition coefficient (Wildman–Crippen LogP) is -0.119. The second-order valence-electron chi connectivity index (χ2n) is 3.41. The van der Waals surface area contributed by atoms with Crippen LogP contribution in [0, 0.1) is 0 Å². The molecule has 92 valence electrons. The highest BCUT2D eigenvalue weighted by Crippen LogP contribution is 2.13. The SMILES string of the molecule is CNCCn1nnnc1SCCn1cccn1. The largest absolute Gasteiger partial charge is 0.318 e. The second kappa shape index (κ2) is 6.36. The van der Waals surface area contributed by atoms with Crippen molar-refractivity contribution >= 4 is 11.8 Å². The Bertz CT molecular complexity index is 424. The summed E-state index contributed by atoms with van der Waals surface area (Å²) in [6, 6.07) is 1.92. The van der Waals surface area contributed by atoms with Crippen LogP contribution in [0.3, 0.4) is 0 Å². The highest BCUT2D eigenvalue weighted by atomic mass is 32.2. The van der Waals surface area contributed by atoms with E-state index in [9.17, 15) is 0 Å². The maximum Gasteiger partial charge on any atom is 0.209 e. The standard InChI is InChI=1S/C9H15N7S/c1-10-4-6-16-9(12-13-14-16)17-8-7-15-5-2-3-11-15/h2-3,5,10H,4,6-8H2,1H3. The Labute approximate surface area is 104 Å². The van der Waals surface area contributed by atoms with Crippen LogP contribution in [-0.4, -0.2) is 49.3 Å². The Morgan fingerprint density at radius 1 is 1.41 bits per heavy atom. The Hall–Kier alpha value is -1.41. The number of thioether (sulfide) groups is 1. The number of aromatic nitrogens is 6. The number of nitrogens with one attached hydrogen (secondary N) is 1. The van der Waals surface area contributed by atoms with Crippen molar-refractivity contribution in [2.45, 2.75) is 18.2 Å². The molecular formula is C9H15N7S. The van der Waals surface area contributed by atoms with Crippen LogP contribution in [0.5, 0.6) is 0 Å². The molecule has 0 aliphatic carbocycles. The van der Waals surface area contributed by atoms with Gasteiger partial charge >= 0.3 is 0 Å². The molecule has 17 heavy (non-hydrogen) atoms. The third kappa shape index (κ3) is 3.53. The number of likely N-dealkylation sites (N-methyl/N-ethyl adjacent to an activating group) is 1. The molecular weight excluding hydrogens is 238 g/mol. The Kier molecular flexibility index (Phi) is 4.51. The Morgan fingerprint density at radius 2 is 2.35 bits per heavy atom. The van der Waals surface area contributed by atoms with Crippen LogP contribution in [0.15, 0.2) is 23.6 Å². The van der Waals surface area contributed by atoms with Gasteiger partial charge in [0.25, 0.3) is 0 Å². The smallest absolute Gasteiger partial charge is 0.209 e. The number of hydrogen-bond donors (Lipinski definition) is 1. The average molecular weight is 253 g/mol. The number of nitrogens with zero attached hydrogens (tertiary/aromatic N) is 6. The highest BCUT2D eigenvalue weighted by Gasteiger charge is 2.05. The number of tetrazole rings is 1. The molecule has 0 fully saturated rings.